The highest BCUT2D eigenvalue weighted by atomic mass is 19.3. The monoisotopic (exact) mass is 328 g/mol. The fourth-order valence-electron chi connectivity index (χ4n) is 1.19. The highest BCUT2D eigenvalue weighted by molar-refractivity contribution is 5.86. The van der Waals surface area contributed by atoms with Crippen LogP contribution in [0.4, 0.5) is 17.6 Å². The van der Waals surface area contributed by atoms with Crippen molar-refractivity contribution in [3.05, 3.63) is 24.3 Å². The molecule has 0 aliphatic carbocycles. The van der Waals surface area contributed by atoms with Gasteiger partial charge in [-0.05, 0) is 13.8 Å². The molecule has 0 radical (unpaired) electrons. The van der Waals surface area contributed by atoms with Crippen molar-refractivity contribution in [1.82, 2.24) is 0 Å². The van der Waals surface area contributed by atoms with Crippen LogP contribution < -0.4 is 0 Å². The minimum atomic E-state index is -3.86. The third-order valence-corrected chi connectivity index (χ3v) is 2.44. The van der Waals surface area contributed by atoms with E-state index in [-0.39, 0.29) is 11.1 Å². The van der Waals surface area contributed by atoms with E-state index in [0.717, 1.165) is 0 Å². The van der Waals surface area contributed by atoms with Gasteiger partial charge in [-0.3, -0.25) is 4.74 Å². The zero-order chi connectivity index (χ0) is 17.7. The molecule has 0 unspecified atom stereocenters. The summed E-state index contributed by atoms with van der Waals surface area (Å²) in [5, 5.41) is 7.89. The summed E-state index contributed by atoms with van der Waals surface area (Å²) < 4.78 is 57.6. The van der Waals surface area contributed by atoms with Crippen molar-refractivity contribution in [2.45, 2.75) is 32.5 Å². The molecule has 0 amide bonds. The zero-order valence-corrected chi connectivity index (χ0v) is 12.0. The molecular formula is C13H16F4O5. The van der Waals surface area contributed by atoms with Crippen LogP contribution in [0.2, 0.25) is 0 Å². The van der Waals surface area contributed by atoms with Gasteiger partial charge in [0.2, 0.25) is 0 Å². The van der Waals surface area contributed by atoms with Gasteiger partial charge in [-0.2, -0.15) is 17.6 Å². The van der Waals surface area contributed by atoms with E-state index in [1.54, 1.807) is 0 Å². The number of carboxylic acids is 1. The fraction of sp³-hybridized carbons (Fsp3) is 0.538. The molecule has 22 heavy (non-hydrogen) atoms. The SMILES string of the molecule is C=C(C)C(=O)O.C=C(C)C(=O)OCCC1C(F)(F)OC1(F)F. The maximum atomic E-state index is 12.5. The number of rotatable bonds is 5. The maximum Gasteiger partial charge on any atom is 0.371 e. The Morgan fingerprint density at radius 2 is 1.55 bits per heavy atom. The normalized spacial score (nSPS) is 18.3. The van der Waals surface area contributed by atoms with Crippen LogP contribution in [0, 0.1) is 5.92 Å². The molecule has 0 aromatic rings. The summed E-state index contributed by atoms with van der Waals surface area (Å²) in [5.74, 6) is -3.99. The van der Waals surface area contributed by atoms with Gasteiger partial charge < -0.3 is 9.84 Å². The van der Waals surface area contributed by atoms with Crippen LogP contribution in [0.3, 0.4) is 0 Å². The molecule has 1 heterocycles. The van der Waals surface area contributed by atoms with Crippen molar-refractivity contribution in [1.29, 1.82) is 0 Å². The van der Waals surface area contributed by atoms with Crippen LogP contribution in [-0.4, -0.2) is 35.9 Å². The van der Waals surface area contributed by atoms with Crippen LogP contribution in [0.15, 0.2) is 24.3 Å². The number of hydrogen-bond donors (Lipinski definition) is 1. The molecule has 0 aromatic heterocycles. The number of alkyl halides is 4. The van der Waals surface area contributed by atoms with Gasteiger partial charge in [0.25, 0.3) is 0 Å². The Hall–Kier alpha value is -1.90. The third-order valence-electron chi connectivity index (χ3n) is 2.44. The highest BCUT2D eigenvalue weighted by Crippen LogP contribution is 2.53. The van der Waals surface area contributed by atoms with Crippen LogP contribution in [-0.2, 0) is 19.1 Å². The Kier molecular flexibility index (Phi) is 6.75. The first kappa shape index (κ1) is 20.1. The highest BCUT2D eigenvalue weighted by Gasteiger charge is 2.70. The molecule has 1 saturated heterocycles. The summed E-state index contributed by atoms with van der Waals surface area (Å²) in [6, 6.07) is 0. The molecule has 0 bridgehead atoms. The summed E-state index contributed by atoms with van der Waals surface area (Å²) in [6.45, 7) is 8.69. The van der Waals surface area contributed by atoms with Crippen LogP contribution in [0.1, 0.15) is 20.3 Å². The number of aliphatic carboxylic acids is 1. The molecule has 1 N–H and O–H groups in total. The molecule has 1 aliphatic rings. The van der Waals surface area contributed by atoms with Crippen LogP contribution in [0.5, 0.6) is 0 Å². The van der Waals surface area contributed by atoms with Gasteiger partial charge in [0.1, 0.15) is 5.92 Å². The smallest absolute Gasteiger partial charge is 0.371 e. The van der Waals surface area contributed by atoms with E-state index in [0.29, 0.717) is 0 Å². The lowest BCUT2D eigenvalue weighted by atomic mass is 9.98. The number of carbonyl (C=O) groups excluding carboxylic acids is 1. The molecule has 1 rings (SSSR count). The third kappa shape index (κ3) is 5.84. The lowest BCUT2D eigenvalue weighted by molar-refractivity contribution is -0.518. The number of hydrogen-bond acceptors (Lipinski definition) is 4. The summed E-state index contributed by atoms with van der Waals surface area (Å²) in [4.78, 5) is 20.4. The van der Waals surface area contributed by atoms with Crippen molar-refractivity contribution in [3.8, 4) is 0 Å². The quantitative estimate of drug-likeness (QED) is 0.477. The Morgan fingerprint density at radius 1 is 1.14 bits per heavy atom. The van der Waals surface area contributed by atoms with E-state index >= 15 is 0 Å². The van der Waals surface area contributed by atoms with Gasteiger partial charge in [0.15, 0.2) is 0 Å². The van der Waals surface area contributed by atoms with Gasteiger partial charge in [-0.25, -0.2) is 9.59 Å². The van der Waals surface area contributed by atoms with Crippen molar-refractivity contribution >= 4 is 11.9 Å². The van der Waals surface area contributed by atoms with Crippen molar-refractivity contribution in [2.24, 2.45) is 5.92 Å². The van der Waals surface area contributed by atoms with Gasteiger partial charge in [0, 0.05) is 17.6 Å². The number of carboxylic acid groups (broad SMARTS) is 1. The summed E-state index contributed by atoms with van der Waals surface area (Å²) >= 11 is 0. The Labute approximate surface area is 124 Å². The number of esters is 1. The van der Waals surface area contributed by atoms with Crippen molar-refractivity contribution in [3.63, 3.8) is 0 Å². The predicted octanol–water partition coefficient (Wildman–Crippen LogP) is 2.97. The number of ether oxygens (including phenoxy) is 2. The molecule has 1 aliphatic heterocycles. The average Bonchev–Trinajstić information content (AvgIpc) is 2.32. The first-order valence-corrected chi connectivity index (χ1v) is 5.98. The second kappa shape index (κ2) is 7.39. The first-order valence-electron chi connectivity index (χ1n) is 5.98. The first-order chi connectivity index (χ1) is 9.81. The van der Waals surface area contributed by atoms with E-state index in [2.05, 4.69) is 22.6 Å². The Bertz CT molecular complexity index is 447. The Morgan fingerprint density at radius 3 is 1.82 bits per heavy atom. The Balaban J connectivity index is 0.000000626. The summed E-state index contributed by atoms with van der Waals surface area (Å²) in [7, 11) is 0. The largest absolute Gasteiger partial charge is 0.478 e. The fourth-order valence-corrected chi connectivity index (χ4v) is 1.19. The van der Waals surface area contributed by atoms with Gasteiger partial charge in [-0.1, -0.05) is 13.2 Å². The second-order valence-electron chi connectivity index (χ2n) is 4.57. The lowest BCUT2D eigenvalue weighted by Crippen LogP contribution is -2.59. The summed E-state index contributed by atoms with van der Waals surface area (Å²) in [5.41, 5.74) is 0.248. The van der Waals surface area contributed by atoms with E-state index < -0.39 is 43.1 Å². The minimum Gasteiger partial charge on any atom is -0.478 e. The molecule has 0 saturated carbocycles. The number of carbonyl (C=O) groups is 2. The van der Waals surface area contributed by atoms with Crippen molar-refractivity contribution in [2.75, 3.05) is 6.61 Å². The zero-order valence-electron chi connectivity index (χ0n) is 12.0. The molecule has 0 atom stereocenters. The topological polar surface area (TPSA) is 72.8 Å². The van der Waals surface area contributed by atoms with Gasteiger partial charge in [-0.15, -0.1) is 0 Å². The van der Waals surface area contributed by atoms with Crippen LogP contribution in [0.25, 0.3) is 0 Å². The summed E-state index contributed by atoms with van der Waals surface area (Å²) in [6.07, 6.45) is -8.39. The molecule has 9 heteroatoms. The average molecular weight is 328 g/mol. The van der Waals surface area contributed by atoms with E-state index in [1.165, 1.54) is 13.8 Å². The van der Waals surface area contributed by atoms with E-state index in [1.807, 2.05) is 0 Å². The van der Waals surface area contributed by atoms with Gasteiger partial charge in [0.05, 0.1) is 6.61 Å². The van der Waals surface area contributed by atoms with Gasteiger partial charge >= 0.3 is 24.2 Å². The lowest BCUT2D eigenvalue weighted by Gasteiger charge is -2.42. The molecule has 0 aromatic carbocycles. The minimum absolute atomic E-state index is 0.0726. The van der Waals surface area contributed by atoms with E-state index in [4.69, 9.17) is 5.11 Å². The maximum absolute atomic E-state index is 12.5. The molecule has 0 spiro atoms. The van der Waals surface area contributed by atoms with Crippen LogP contribution >= 0.6 is 0 Å². The second-order valence-corrected chi connectivity index (χ2v) is 4.57. The molecule has 1 fully saturated rings. The standard InChI is InChI=1S/C9H10F4O3.C4H6O2/c1-5(2)7(14)15-4-3-6-8(10,11)16-9(6,12)13;1-3(2)4(5)6/h6H,1,3-4H2,2H3;1H2,2H3,(H,5,6). The molecular weight excluding hydrogens is 312 g/mol. The molecule has 5 nitrogen and oxygen atoms in total. The van der Waals surface area contributed by atoms with Crippen molar-refractivity contribution < 1.29 is 41.7 Å². The number of halogens is 4. The van der Waals surface area contributed by atoms with E-state index in [9.17, 15) is 27.2 Å². The predicted molar refractivity (Wildman–Crippen MR) is 67.3 cm³/mol. The molecule has 126 valence electrons.